The van der Waals surface area contributed by atoms with Gasteiger partial charge in [0.15, 0.2) is 0 Å². The number of allylic oxidation sites excluding steroid dienone is 1. The molecule has 0 radical (unpaired) electrons. The molecule has 0 unspecified atom stereocenters. The Balaban J connectivity index is 3.43. The van der Waals surface area contributed by atoms with E-state index in [4.69, 9.17) is 0 Å². The van der Waals surface area contributed by atoms with Gasteiger partial charge in [0.1, 0.15) is 0 Å². The summed E-state index contributed by atoms with van der Waals surface area (Å²) in [6.45, 7) is 8.86. The number of unbranched alkanes of at least 4 members (excludes halogenated alkanes) is 1. The second-order valence-corrected chi connectivity index (χ2v) is 3.23. The lowest BCUT2D eigenvalue weighted by Gasteiger charge is -2.15. The summed E-state index contributed by atoms with van der Waals surface area (Å²) < 4.78 is 0. The molecule has 11 heavy (non-hydrogen) atoms. The van der Waals surface area contributed by atoms with Gasteiger partial charge in [-0.25, -0.2) is 0 Å². The topological polar surface area (TPSA) is 3.24 Å². The highest BCUT2D eigenvalue weighted by Crippen LogP contribution is 1.97. The Bertz CT molecular complexity index is 116. The maximum Gasteiger partial charge on any atom is 0.0186 e. The highest BCUT2D eigenvalue weighted by molar-refractivity contribution is 4.97. The second-order valence-electron chi connectivity index (χ2n) is 3.23. The minimum absolute atomic E-state index is 1.12. The van der Waals surface area contributed by atoms with E-state index in [1.807, 2.05) is 0 Å². The third-order valence-corrected chi connectivity index (χ3v) is 1.91. The van der Waals surface area contributed by atoms with E-state index < -0.39 is 0 Å². The summed E-state index contributed by atoms with van der Waals surface area (Å²) in [5, 5.41) is 0. The van der Waals surface area contributed by atoms with E-state index >= 15 is 0 Å². The Morgan fingerprint density at radius 3 is 2.55 bits per heavy atom. The Kier molecular flexibility index (Phi) is 6.24. The van der Waals surface area contributed by atoms with Crippen molar-refractivity contribution >= 4 is 0 Å². The maximum absolute atomic E-state index is 2.37. The van der Waals surface area contributed by atoms with E-state index in [1.165, 1.54) is 25.0 Å². The molecule has 0 aromatic heterocycles. The molecule has 0 rings (SSSR count). The van der Waals surface area contributed by atoms with Gasteiger partial charge in [-0.05, 0) is 33.9 Å². The summed E-state index contributed by atoms with van der Waals surface area (Å²) in [4.78, 5) is 2.37. The molecular formula is C10H21N. The van der Waals surface area contributed by atoms with Crippen molar-refractivity contribution in [1.29, 1.82) is 0 Å². The molecule has 0 aromatic carbocycles. The fourth-order valence-electron chi connectivity index (χ4n) is 1.02. The molecular weight excluding hydrogens is 134 g/mol. The van der Waals surface area contributed by atoms with Crippen molar-refractivity contribution in [1.82, 2.24) is 4.90 Å². The van der Waals surface area contributed by atoms with E-state index in [9.17, 15) is 0 Å². The SMILES string of the molecule is CC=C(C)CN(C)CCCC. The molecule has 0 fully saturated rings. The molecule has 0 saturated carbocycles. The first-order valence-electron chi connectivity index (χ1n) is 4.51. The zero-order valence-electron chi connectivity index (χ0n) is 8.35. The van der Waals surface area contributed by atoms with E-state index in [0.717, 1.165) is 6.54 Å². The quantitative estimate of drug-likeness (QED) is 0.552. The Hall–Kier alpha value is -0.300. The maximum atomic E-state index is 2.37. The van der Waals surface area contributed by atoms with Crippen molar-refractivity contribution in [3.63, 3.8) is 0 Å². The summed E-state index contributed by atoms with van der Waals surface area (Å²) in [6.07, 6.45) is 4.79. The van der Waals surface area contributed by atoms with E-state index in [2.05, 4.69) is 38.8 Å². The lowest BCUT2D eigenvalue weighted by atomic mass is 10.2. The molecule has 1 heteroatoms. The van der Waals surface area contributed by atoms with Crippen molar-refractivity contribution in [2.24, 2.45) is 0 Å². The van der Waals surface area contributed by atoms with Crippen LogP contribution >= 0.6 is 0 Å². The number of hydrogen-bond donors (Lipinski definition) is 0. The first-order valence-corrected chi connectivity index (χ1v) is 4.51. The fraction of sp³-hybridized carbons (Fsp3) is 0.800. The van der Waals surface area contributed by atoms with Crippen LogP contribution in [0.5, 0.6) is 0 Å². The van der Waals surface area contributed by atoms with Crippen LogP contribution in [-0.4, -0.2) is 25.0 Å². The van der Waals surface area contributed by atoms with Crippen molar-refractivity contribution in [3.05, 3.63) is 11.6 Å². The summed E-state index contributed by atoms with van der Waals surface area (Å²) in [5.41, 5.74) is 1.46. The lowest BCUT2D eigenvalue weighted by molar-refractivity contribution is 0.354. The Morgan fingerprint density at radius 2 is 2.09 bits per heavy atom. The van der Waals surface area contributed by atoms with Crippen molar-refractivity contribution < 1.29 is 0 Å². The smallest absolute Gasteiger partial charge is 0.0186 e. The van der Waals surface area contributed by atoms with Gasteiger partial charge in [0.05, 0.1) is 0 Å². The second kappa shape index (κ2) is 6.41. The number of hydrogen-bond acceptors (Lipinski definition) is 1. The molecule has 0 aromatic rings. The van der Waals surface area contributed by atoms with Gasteiger partial charge in [0, 0.05) is 6.54 Å². The largest absolute Gasteiger partial charge is 0.302 e. The predicted molar refractivity (Wildman–Crippen MR) is 51.8 cm³/mol. The summed E-state index contributed by atoms with van der Waals surface area (Å²) in [5.74, 6) is 0. The number of nitrogens with zero attached hydrogens (tertiary/aromatic N) is 1. The number of likely N-dealkylation sites (N-methyl/N-ethyl adjacent to an activating group) is 1. The van der Waals surface area contributed by atoms with Crippen molar-refractivity contribution in [3.8, 4) is 0 Å². The van der Waals surface area contributed by atoms with Crippen LogP contribution in [0.2, 0.25) is 0 Å². The van der Waals surface area contributed by atoms with Crippen LogP contribution in [0.25, 0.3) is 0 Å². The summed E-state index contributed by atoms with van der Waals surface area (Å²) in [6, 6.07) is 0. The first-order chi connectivity index (χ1) is 5.20. The minimum atomic E-state index is 1.12. The van der Waals surface area contributed by atoms with Crippen LogP contribution in [0.3, 0.4) is 0 Å². The molecule has 0 atom stereocenters. The van der Waals surface area contributed by atoms with Crippen LogP contribution in [0.15, 0.2) is 11.6 Å². The normalized spacial score (nSPS) is 12.6. The van der Waals surface area contributed by atoms with Gasteiger partial charge in [-0.15, -0.1) is 0 Å². The third-order valence-electron chi connectivity index (χ3n) is 1.91. The van der Waals surface area contributed by atoms with Crippen molar-refractivity contribution in [2.75, 3.05) is 20.1 Å². The summed E-state index contributed by atoms with van der Waals surface area (Å²) >= 11 is 0. The summed E-state index contributed by atoms with van der Waals surface area (Å²) in [7, 11) is 2.18. The van der Waals surface area contributed by atoms with Gasteiger partial charge < -0.3 is 4.90 Å². The van der Waals surface area contributed by atoms with Gasteiger partial charge in [-0.1, -0.05) is 25.0 Å². The average molecular weight is 155 g/mol. The molecule has 0 spiro atoms. The van der Waals surface area contributed by atoms with Crippen molar-refractivity contribution in [2.45, 2.75) is 33.6 Å². The molecule has 0 aliphatic carbocycles. The highest BCUT2D eigenvalue weighted by atomic mass is 15.1. The van der Waals surface area contributed by atoms with Gasteiger partial charge in [-0.2, -0.15) is 0 Å². The molecule has 0 heterocycles. The van der Waals surface area contributed by atoms with Crippen LogP contribution < -0.4 is 0 Å². The molecule has 0 aliphatic rings. The zero-order chi connectivity index (χ0) is 8.69. The third kappa shape index (κ3) is 6.11. The van der Waals surface area contributed by atoms with Gasteiger partial charge >= 0.3 is 0 Å². The highest BCUT2D eigenvalue weighted by Gasteiger charge is 1.96. The number of rotatable bonds is 5. The monoisotopic (exact) mass is 155 g/mol. The molecule has 0 aliphatic heterocycles. The molecule has 0 N–H and O–H groups in total. The van der Waals surface area contributed by atoms with E-state index in [-0.39, 0.29) is 0 Å². The minimum Gasteiger partial charge on any atom is -0.302 e. The first kappa shape index (κ1) is 10.7. The molecule has 1 nitrogen and oxygen atoms in total. The van der Waals surface area contributed by atoms with Gasteiger partial charge in [0.2, 0.25) is 0 Å². The standard InChI is InChI=1S/C10H21N/c1-5-7-8-11(4)9-10(3)6-2/h6H,5,7-9H2,1-4H3. The van der Waals surface area contributed by atoms with Crippen LogP contribution in [0.4, 0.5) is 0 Å². The average Bonchev–Trinajstić information content (AvgIpc) is 2.00. The molecule has 0 saturated heterocycles. The van der Waals surface area contributed by atoms with E-state index in [0.29, 0.717) is 0 Å². The Morgan fingerprint density at radius 1 is 1.45 bits per heavy atom. The van der Waals surface area contributed by atoms with E-state index in [1.54, 1.807) is 0 Å². The Labute approximate surface area is 71.1 Å². The zero-order valence-corrected chi connectivity index (χ0v) is 8.35. The lowest BCUT2D eigenvalue weighted by Crippen LogP contribution is -2.21. The van der Waals surface area contributed by atoms with Gasteiger partial charge in [-0.3, -0.25) is 0 Å². The molecule has 66 valence electrons. The predicted octanol–water partition coefficient (Wildman–Crippen LogP) is 2.68. The van der Waals surface area contributed by atoms with Crippen LogP contribution in [0.1, 0.15) is 33.6 Å². The van der Waals surface area contributed by atoms with Crippen LogP contribution in [-0.2, 0) is 0 Å². The van der Waals surface area contributed by atoms with Crippen LogP contribution in [0, 0.1) is 0 Å². The molecule has 0 amide bonds. The fourth-order valence-corrected chi connectivity index (χ4v) is 1.02. The molecule has 0 bridgehead atoms. The van der Waals surface area contributed by atoms with Gasteiger partial charge in [0.25, 0.3) is 0 Å².